The molecule has 2 nitrogen and oxygen atoms in total. The molecule has 0 spiro atoms. The monoisotopic (exact) mass is 359 g/mol. The molecule has 1 aliphatic heterocycles. The van der Waals surface area contributed by atoms with Gasteiger partial charge in [0.25, 0.3) is 5.91 Å². The summed E-state index contributed by atoms with van der Waals surface area (Å²) in [4.78, 5) is 16.0. The first-order valence-electron chi connectivity index (χ1n) is 8.21. The van der Waals surface area contributed by atoms with Crippen LogP contribution in [0.3, 0.4) is 0 Å². The number of rotatable bonds is 3. The number of hydrogen-bond donors (Lipinski definition) is 1. The van der Waals surface area contributed by atoms with Crippen LogP contribution in [0.15, 0.2) is 29.2 Å². The molecule has 124 valence electrons. The van der Waals surface area contributed by atoms with E-state index in [-0.39, 0.29) is 11.7 Å². The molecule has 1 N–H and O–H groups in total. The summed E-state index contributed by atoms with van der Waals surface area (Å²) in [6, 6.07) is 6.23. The first kappa shape index (κ1) is 15.9. The summed E-state index contributed by atoms with van der Waals surface area (Å²) in [5.74, 6) is 0.600. The van der Waals surface area contributed by atoms with Crippen LogP contribution < -0.4 is 5.32 Å². The molecule has 0 fully saturated rings. The van der Waals surface area contributed by atoms with Gasteiger partial charge in [-0.2, -0.15) is 0 Å². The summed E-state index contributed by atoms with van der Waals surface area (Å²) in [7, 11) is 0. The van der Waals surface area contributed by atoms with Gasteiger partial charge in [-0.1, -0.05) is 12.1 Å². The van der Waals surface area contributed by atoms with E-state index in [1.165, 1.54) is 53.1 Å². The van der Waals surface area contributed by atoms with Gasteiger partial charge in [-0.3, -0.25) is 4.79 Å². The molecule has 0 atom stereocenters. The predicted molar refractivity (Wildman–Crippen MR) is 98.5 cm³/mol. The minimum absolute atomic E-state index is 0.0404. The Bertz CT molecular complexity index is 808. The van der Waals surface area contributed by atoms with E-state index in [4.69, 9.17) is 0 Å². The second-order valence-corrected chi connectivity index (χ2v) is 8.31. The van der Waals surface area contributed by atoms with Crippen molar-refractivity contribution in [3.8, 4) is 0 Å². The highest BCUT2D eigenvalue weighted by Gasteiger charge is 2.24. The van der Waals surface area contributed by atoms with Gasteiger partial charge in [0.15, 0.2) is 0 Å². The van der Waals surface area contributed by atoms with Crippen LogP contribution in [0, 0.1) is 5.82 Å². The largest absolute Gasteiger partial charge is 0.348 e. The molecule has 1 aliphatic carbocycles. The summed E-state index contributed by atoms with van der Waals surface area (Å²) in [6.07, 6.45) is 7.01. The zero-order valence-corrected chi connectivity index (χ0v) is 14.9. The minimum Gasteiger partial charge on any atom is -0.348 e. The fraction of sp³-hybridized carbons (Fsp3) is 0.316. The number of carbonyl (C=O) groups is 1. The van der Waals surface area contributed by atoms with Crippen molar-refractivity contribution < 1.29 is 9.18 Å². The van der Waals surface area contributed by atoms with E-state index in [0.29, 0.717) is 6.54 Å². The first-order chi connectivity index (χ1) is 11.7. The Morgan fingerprint density at radius 2 is 1.92 bits per heavy atom. The summed E-state index contributed by atoms with van der Waals surface area (Å²) in [6.45, 7) is 0.421. The quantitative estimate of drug-likeness (QED) is 0.863. The molecule has 1 aromatic carbocycles. The molecule has 0 unspecified atom stereocenters. The molecule has 0 bridgehead atoms. The Labute approximate surface area is 149 Å². The second-order valence-electron chi connectivity index (χ2n) is 6.16. The van der Waals surface area contributed by atoms with Gasteiger partial charge in [0.2, 0.25) is 0 Å². The maximum atomic E-state index is 12.9. The number of hydrogen-bond acceptors (Lipinski definition) is 3. The van der Waals surface area contributed by atoms with E-state index in [2.05, 4.69) is 5.32 Å². The number of halogens is 1. The van der Waals surface area contributed by atoms with Crippen LogP contribution >= 0.6 is 23.1 Å². The molecule has 4 rings (SSSR count). The van der Waals surface area contributed by atoms with Gasteiger partial charge in [-0.05, 0) is 60.6 Å². The zero-order valence-electron chi connectivity index (χ0n) is 13.2. The zero-order chi connectivity index (χ0) is 16.5. The predicted octanol–water partition coefficient (Wildman–Crippen LogP) is 4.67. The standard InChI is InChI=1S/C19H18FNOS2/c20-13-7-5-12(6-8-13)10-21-19(22)18-9-17-15(11-23-18)14-3-1-2-4-16(14)24-17/h5-9H,1-4,10-11H2,(H,21,22). The Hall–Kier alpha value is -1.59. The molecule has 2 heterocycles. The average molecular weight is 359 g/mol. The third-order valence-electron chi connectivity index (χ3n) is 4.54. The van der Waals surface area contributed by atoms with Gasteiger partial charge in [-0.25, -0.2) is 4.39 Å². The molecule has 2 aliphatic rings. The maximum absolute atomic E-state index is 12.9. The first-order valence-corrected chi connectivity index (χ1v) is 10.0. The number of thioether (sulfide) groups is 1. The molecule has 0 saturated heterocycles. The van der Waals surface area contributed by atoms with Crippen LogP contribution in [0.4, 0.5) is 4.39 Å². The van der Waals surface area contributed by atoms with Crippen LogP contribution in [-0.2, 0) is 29.9 Å². The van der Waals surface area contributed by atoms with Crippen molar-refractivity contribution in [1.82, 2.24) is 5.32 Å². The van der Waals surface area contributed by atoms with Crippen molar-refractivity contribution in [3.05, 3.63) is 61.4 Å². The molecule has 0 radical (unpaired) electrons. The number of aryl methyl sites for hydroxylation is 1. The van der Waals surface area contributed by atoms with Crippen molar-refractivity contribution in [3.63, 3.8) is 0 Å². The van der Waals surface area contributed by atoms with E-state index < -0.39 is 0 Å². The molecule has 5 heteroatoms. The Kier molecular flexibility index (Phi) is 4.46. The Balaban J connectivity index is 1.47. The molecule has 2 aromatic rings. The SMILES string of the molecule is O=C(NCc1ccc(F)cc1)C1=Cc2sc3c(c2CS1)CCCC3. The maximum Gasteiger partial charge on any atom is 0.258 e. The van der Waals surface area contributed by atoms with Crippen molar-refractivity contribution in [2.45, 2.75) is 38.0 Å². The van der Waals surface area contributed by atoms with Gasteiger partial charge < -0.3 is 5.32 Å². The molecule has 1 amide bonds. The van der Waals surface area contributed by atoms with Crippen LogP contribution in [0.2, 0.25) is 0 Å². The normalized spacial score (nSPS) is 16.1. The third kappa shape index (κ3) is 3.15. The topological polar surface area (TPSA) is 29.1 Å². The van der Waals surface area contributed by atoms with Gasteiger partial charge in [0.1, 0.15) is 5.82 Å². The van der Waals surface area contributed by atoms with Gasteiger partial charge in [0.05, 0.1) is 4.91 Å². The number of benzene rings is 1. The smallest absolute Gasteiger partial charge is 0.258 e. The molecule has 24 heavy (non-hydrogen) atoms. The van der Waals surface area contributed by atoms with Crippen molar-refractivity contribution >= 4 is 35.1 Å². The summed E-state index contributed by atoms with van der Waals surface area (Å²) >= 11 is 3.49. The fourth-order valence-electron chi connectivity index (χ4n) is 3.24. The average Bonchev–Trinajstić information content (AvgIpc) is 2.98. The summed E-state index contributed by atoms with van der Waals surface area (Å²) in [5, 5.41) is 2.93. The van der Waals surface area contributed by atoms with E-state index in [1.807, 2.05) is 17.4 Å². The Morgan fingerprint density at radius 1 is 1.12 bits per heavy atom. The number of nitrogens with one attached hydrogen (secondary N) is 1. The summed E-state index contributed by atoms with van der Waals surface area (Å²) in [5.41, 5.74) is 3.91. The lowest BCUT2D eigenvalue weighted by Crippen LogP contribution is -2.24. The number of amides is 1. The third-order valence-corrected chi connectivity index (χ3v) is 6.86. The van der Waals surface area contributed by atoms with E-state index in [1.54, 1.807) is 29.5 Å². The van der Waals surface area contributed by atoms with Crippen LogP contribution in [-0.4, -0.2) is 5.91 Å². The van der Waals surface area contributed by atoms with Crippen LogP contribution in [0.5, 0.6) is 0 Å². The molecule has 0 saturated carbocycles. The lowest BCUT2D eigenvalue weighted by molar-refractivity contribution is -0.116. The minimum atomic E-state index is -0.259. The van der Waals surface area contributed by atoms with Crippen molar-refractivity contribution in [2.24, 2.45) is 0 Å². The number of carbonyl (C=O) groups excluding carboxylic acids is 1. The highest BCUT2D eigenvalue weighted by atomic mass is 32.2. The lowest BCUT2D eigenvalue weighted by Gasteiger charge is -2.16. The van der Waals surface area contributed by atoms with Crippen molar-refractivity contribution in [1.29, 1.82) is 0 Å². The van der Waals surface area contributed by atoms with E-state index in [9.17, 15) is 9.18 Å². The summed E-state index contributed by atoms with van der Waals surface area (Å²) < 4.78 is 12.9. The van der Waals surface area contributed by atoms with Gasteiger partial charge in [-0.15, -0.1) is 23.1 Å². The second kappa shape index (κ2) is 6.73. The highest BCUT2D eigenvalue weighted by molar-refractivity contribution is 8.03. The number of thiophene rings is 1. The van der Waals surface area contributed by atoms with Crippen molar-refractivity contribution in [2.75, 3.05) is 0 Å². The molecule has 1 aromatic heterocycles. The van der Waals surface area contributed by atoms with E-state index >= 15 is 0 Å². The van der Waals surface area contributed by atoms with Crippen LogP contribution in [0.25, 0.3) is 6.08 Å². The lowest BCUT2D eigenvalue weighted by atomic mass is 9.95. The van der Waals surface area contributed by atoms with Gasteiger partial charge >= 0.3 is 0 Å². The molecular formula is C19H18FNOS2. The fourth-order valence-corrected chi connectivity index (χ4v) is 5.80. The van der Waals surface area contributed by atoms with Crippen LogP contribution in [0.1, 0.15) is 39.3 Å². The highest BCUT2D eigenvalue weighted by Crippen LogP contribution is 2.42. The molecular weight excluding hydrogens is 341 g/mol. The van der Waals surface area contributed by atoms with E-state index in [0.717, 1.165) is 16.2 Å². The van der Waals surface area contributed by atoms with Gasteiger partial charge in [0, 0.05) is 22.1 Å². The Morgan fingerprint density at radius 3 is 2.75 bits per heavy atom. The number of fused-ring (bicyclic) bond motifs is 3.